The zero-order chi connectivity index (χ0) is 11.7. The monoisotopic (exact) mass is 232 g/mol. The van der Waals surface area contributed by atoms with Crippen LogP contribution in [0.1, 0.15) is 36.0 Å². The Kier molecular flexibility index (Phi) is 2.85. The number of benzene rings is 1. The number of carbonyl (C=O) groups excluding carboxylic acids is 1. The molecule has 2 unspecified atom stereocenters. The molecule has 0 N–H and O–H groups in total. The summed E-state index contributed by atoms with van der Waals surface area (Å²) < 4.78 is 11.6. The summed E-state index contributed by atoms with van der Waals surface area (Å²) in [5.41, 5.74) is 0.708. The lowest BCUT2D eigenvalue weighted by atomic mass is 9.94. The van der Waals surface area contributed by atoms with Crippen molar-refractivity contribution in [3.63, 3.8) is 0 Å². The first-order valence-electron chi connectivity index (χ1n) is 6.25. The number of carbonyl (C=O) groups is 1. The molecule has 0 aliphatic carbocycles. The summed E-state index contributed by atoms with van der Waals surface area (Å²) >= 11 is 0. The molecule has 2 heterocycles. The van der Waals surface area contributed by atoms with Gasteiger partial charge in [-0.3, -0.25) is 4.79 Å². The Morgan fingerprint density at radius 2 is 2.00 bits per heavy atom. The molecule has 0 bridgehead atoms. The topological polar surface area (TPSA) is 35.5 Å². The van der Waals surface area contributed by atoms with Gasteiger partial charge in [-0.1, -0.05) is 12.1 Å². The fourth-order valence-electron chi connectivity index (χ4n) is 2.56. The molecule has 1 aromatic rings. The molecule has 1 fully saturated rings. The fraction of sp³-hybridized carbons (Fsp3) is 0.500. The maximum atomic E-state index is 12.0. The van der Waals surface area contributed by atoms with Crippen LogP contribution in [0.5, 0.6) is 5.75 Å². The van der Waals surface area contributed by atoms with Crippen LogP contribution in [-0.2, 0) is 4.74 Å². The van der Waals surface area contributed by atoms with Crippen molar-refractivity contribution in [2.45, 2.75) is 37.9 Å². The Hall–Kier alpha value is -1.35. The number of ketones is 1. The smallest absolute Gasteiger partial charge is 0.170 e. The largest absolute Gasteiger partial charge is 0.486 e. The maximum absolute atomic E-state index is 12.0. The van der Waals surface area contributed by atoms with Gasteiger partial charge in [0.25, 0.3) is 0 Å². The summed E-state index contributed by atoms with van der Waals surface area (Å²) in [6.07, 6.45) is 3.72. The van der Waals surface area contributed by atoms with Crippen LogP contribution in [0.15, 0.2) is 24.3 Å². The fourth-order valence-corrected chi connectivity index (χ4v) is 2.56. The van der Waals surface area contributed by atoms with E-state index in [1.807, 2.05) is 24.3 Å². The quantitative estimate of drug-likeness (QED) is 0.746. The Morgan fingerprint density at radius 1 is 1.12 bits per heavy atom. The van der Waals surface area contributed by atoms with Crippen molar-refractivity contribution >= 4 is 5.78 Å². The molecule has 2 aliphatic heterocycles. The average Bonchev–Trinajstić information content (AvgIpc) is 2.40. The van der Waals surface area contributed by atoms with Crippen LogP contribution in [0.4, 0.5) is 0 Å². The van der Waals surface area contributed by atoms with Gasteiger partial charge in [0.1, 0.15) is 11.9 Å². The van der Waals surface area contributed by atoms with Gasteiger partial charge in [-0.25, -0.2) is 0 Å². The molecule has 0 radical (unpaired) electrons. The molecule has 3 heteroatoms. The third kappa shape index (κ3) is 2.07. The third-order valence-electron chi connectivity index (χ3n) is 3.48. The molecule has 17 heavy (non-hydrogen) atoms. The number of rotatable bonds is 1. The van der Waals surface area contributed by atoms with E-state index in [1.165, 1.54) is 6.42 Å². The summed E-state index contributed by atoms with van der Waals surface area (Å²) in [4.78, 5) is 12.0. The molecule has 90 valence electrons. The zero-order valence-corrected chi connectivity index (χ0v) is 9.72. The van der Waals surface area contributed by atoms with Crippen LogP contribution in [0.2, 0.25) is 0 Å². The van der Waals surface area contributed by atoms with E-state index in [9.17, 15) is 4.79 Å². The highest BCUT2D eigenvalue weighted by Crippen LogP contribution is 2.31. The molecule has 0 aromatic heterocycles. The summed E-state index contributed by atoms with van der Waals surface area (Å²) in [7, 11) is 0. The molecule has 3 rings (SSSR count). The van der Waals surface area contributed by atoms with Crippen LogP contribution in [0.25, 0.3) is 0 Å². The molecular formula is C14H16O3. The summed E-state index contributed by atoms with van der Waals surface area (Å²) in [6, 6.07) is 7.46. The minimum Gasteiger partial charge on any atom is -0.486 e. The molecular weight excluding hydrogens is 216 g/mol. The van der Waals surface area contributed by atoms with Gasteiger partial charge in [0.2, 0.25) is 0 Å². The molecule has 1 aromatic carbocycles. The first kappa shape index (κ1) is 10.8. The van der Waals surface area contributed by atoms with Crippen LogP contribution in [-0.4, -0.2) is 24.6 Å². The number of hydrogen-bond acceptors (Lipinski definition) is 3. The SMILES string of the molecule is O=C1CC(C2CCCCO2)Oc2ccccc21. The van der Waals surface area contributed by atoms with E-state index in [-0.39, 0.29) is 18.0 Å². The van der Waals surface area contributed by atoms with Crippen molar-refractivity contribution in [1.29, 1.82) is 0 Å². The van der Waals surface area contributed by atoms with E-state index in [4.69, 9.17) is 9.47 Å². The van der Waals surface area contributed by atoms with Crippen molar-refractivity contribution in [1.82, 2.24) is 0 Å². The van der Waals surface area contributed by atoms with E-state index in [0.29, 0.717) is 17.7 Å². The van der Waals surface area contributed by atoms with Crippen molar-refractivity contribution in [3.05, 3.63) is 29.8 Å². The number of ether oxygens (including phenoxy) is 2. The maximum Gasteiger partial charge on any atom is 0.170 e. The van der Waals surface area contributed by atoms with Crippen LogP contribution < -0.4 is 4.74 Å². The molecule has 2 aliphatic rings. The molecule has 1 saturated heterocycles. The van der Waals surface area contributed by atoms with Crippen LogP contribution in [0, 0.1) is 0 Å². The highest BCUT2D eigenvalue weighted by Gasteiger charge is 2.33. The average molecular weight is 232 g/mol. The number of para-hydroxylation sites is 1. The van der Waals surface area contributed by atoms with Crippen molar-refractivity contribution < 1.29 is 14.3 Å². The van der Waals surface area contributed by atoms with Crippen molar-refractivity contribution in [2.24, 2.45) is 0 Å². The highest BCUT2D eigenvalue weighted by molar-refractivity contribution is 5.99. The summed E-state index contributed by atoms with van der Waals surface area (Å²) in [5, 5.41) is 0. The number of Topliss-reactive ketones (excluding diaryl/α,β-unsaturated/α-hetero) is 1. The van der Waals surface area contributed by atoms with Crippen LogP contribution in [0.3, 0.4) is 0 Å². The second-order valence-corrected chi connectivity index (χ2v) is 4.68. The lowest BCUT2D eigenvalue weighted by Gasteiger charge is -2.33. The molecule has 0 amide bonds. The van der Waals surface area contributed by atoms with E-state index in [2.05, 4.69) is 0 Å². The van der Waals surface area contributed by atoms with Gasteiger partial charge in [0.05, 0.1) is 18.1 Å². The predicted octanol–water partition coefficient (Wildman–Crippen LogP) is 2.59. The Labute approximate surface area is 101 Å². The lowest BCUT2D eigenvalue weighted by Crippen LogP contribution is -2.40. The van der Waals surface area contributed by atoms with Gasteiger partial charge < -0.3 is 9.47 Å². The van der Waals surface area contributed by atoms with Gasteiger partial charge in [-0.2, -0.15) is 0 Å². The molecule has 2 atom stereocenters. The first-order valence-corrected chi connectivity index (χ1v) is 6.25. The Bertz CT molecular complexity index is 421. The van der Waals surface area contributed by atoms with Gasteiger partial charge in [-0.15, -0.1) is 0 Å². The van der Waals surface area contributed by atoms with E-state index >= 15 is 0 Å². The van der Waals surface area contributed by atoms with Gasteiger partial charge in [0, 0.05) is 6.61 Å². The van der Waals surface area contributed by atoms with Gasteiger partial charge >= 0.3 is 0 Å². The Morgan fingerprint density at radius 3 is 2.82 bits per heavy atom. The Balaban J connectivity index is 1.80. The minimum absolute atomic E-state index is 0.0843. The normalized spacial score (nSPS) is 28.4. The number of fused-ring (bicyclic) bond motifs is 1. The molecule has 0 spiro atoms. The van der Waals surface area contributed by atoms with Gasteiger partial charge in [0.15, 0.2) is 5.78 Å². The second-order valence-electron chi connectivity index (χ2n) is 4.68. The number of hydrogen-bond donors (Lipinski definition) is 0. The first-order chi connectivity index (χ1) is 8.34. The second kappa shape index (κ2) is 4.49. The third-order valence-corrected chi connectivity index (χ3v) is 3.48. The van der Waals surface area contributed by atoms with E-state index in [0.717, 1.165) is 19.4 Å². The predicted molar refractivity (Wildman–Crippen MR) is 63.4 cm³/mol. The molecule has 0 saturated carbocycles. The minimum atomic E-state index is -0.0994. The van der Waals surface area contributed by atoms with E-state index in [1.54, 1.807) is 0 Å². The van der Waals surface area contributed by atoms with Crippen molar-refractivity contribution in [2.75, 3.05) is 6.61 Å². The zero-order valence-electron chi connectivity index (χ0n) is 9.72. The summed E-state index contributed by atoms with van der Waals surface area (Å²) in [6.45, 7) is 0.792. The molecule has 3 nitrogen and oxygen atoms in total. The van der Waals surface area contributed by atoms with E-state index < -0.39 is 0 Å². The standard InChI is InChI=1S/C14H16O3/c15-11-9-14(13-7-3-4-8-16-13)17-12-6-2-1-5-10(11)12/h1-2,5-6,13-14H,3-4,7-9H2. The van der Waals surface area contributed by atoms with Crippen molar-refractivity contribution in [3.8, 4) is 5.75 Å². The van der Waals surface area contributed by atoms with Gasteiger partial charge in [-0.05, 0) is 31.4 Å². The summed E-state index contributed by atoms with van der Waals surface area (Å²) in [5.74, 6) is 0.883. The highest BCUT2D eigenvalue weighted by atomic mass is 16.5. The lowest BCUT2D eigenvalue weighted by molar-refractivity contribution is -0.0542. The van der Waals surface area contributed by atoms with Crippen LogP contribution >= 0.6 is 0 Å².